The van der Waals surface area contributed by atoms with Gasteiger partial charge in [-0.15, -0.1) is 0 Å². The van der Waals surface area contributed by atoms with Crippen LogP contribution >= 0.6 is 0 Å². The predicted octanol–water partition coefficient (Wildman–Crippen LogP) is 2.70. The topological polar surface area (TPSA) is 49.3 Å². The standard InChI is InChI=1S/C13H18FNO2/c1-9(2)4-3-7-15-13(17)11-6-5-10(16)8-12(11)14/h5-6,8-9,16H,3-4,7H2,1-2H3,(H,15,17). The molecule has 0 atom stereocenters. The van der Waals surface area contributed by atoms with Crippen LogP contribution in [0.25, 0.3) is 0 Å². The number of aromatic hydroxyl groups is 1. The quantitative estimate of drug-likeness (QED) is 0.776. The molecule has 17 heavy (non-hydrogen) atoms. The molecule has 1 amide bonds. The molecule has 0 bridgehead atoms. The number of carbonyl (C=O) groups excluding carboxylic acids is 1. The number of hydrogen-bond acceptors (Lipinski definition) is 2. The van der Waals surface area contributed by atoms with Gasteiger partial charge >= 0.3 is 0 Å². The Morgan fingerprint density at radius 3 is 2.76 bits per heavy atom. The lowest BCUT2D eigenvalue weighted by molar-refractivity contribution is 0.0948. The van der Waals surface area contributed by atoms with Gasteiger partial charge in [-0.3, -0.25) is 4.79 Å². The van der Waals surface area contributed by atoms with E-state index in [1.807, 2.05) is 0 Å². The molecule has 4 heteroatoms. The molecule has 0 saturated carbocycles. The Hall–Kier alpha value is -1.58. The fourth-order valence-corrected chi connectivity index (χ4v) is 1.50. The van der Waals surface area contributed by atoms with E-state index in [0.29, 0.717) is 12.5 Å². The minimum absolute atomic E-state index is 0.0349. The Morgan fingerprint density at radius 2 is 2.18 bits per heavy atom. The largest absolute Gasteiger partial charge is 0.508 e. The number of halogens is 1. The van der Waals surface area contributed by atoms with Crippen LogP contribution in [0.5, 0.6) is 5.75 Å². The van der Waals surface area contributed by atoms with Gasteiger partial charge < -0.3 is 10.4 Å². The summed E-state index contributed by atoms with van der Waals surface area (Å²) in [5.41, 5.74) is -0.0349. The fraction of sp³-hybridized carbons (Fsp3) is 0.462. The number of carbonyl (C=O) groups is 1. The molecule has 2 N–H and O–H groups in total. The van der Waals surface area contributed by atoms with Crippen molar-refractivity contribution in [2.45, 2.75) is 26.7 Å². The normalized spacial score (nSPS) is 10.6. The van der Waals surface area contributed by atoms with Crippen LogP contribution in [0.1, 0.15) is 37.0 Å². The third kappa shape index (κ3) is 4.43. The molecule has 0 spiro atoms. The van der Waals surface area contributed by atoms with Crippen LogP contribution in [-0.4, -0.2) is 17.6 Å². The lowest BCUT2D eigenvalue weighted by atomic mass is 10.1. The van der Waals surface area contributed by atoms with E-state index in [-0.39, 0.29) is 11.3 Å². The SMILES string of the molecule is CC(C)CCCNC(=O)c1ccc(O)cc1F. The molecule has 0 unspecified atom stereocenters. The van der Waals surface area contributed by atoms with E-state index >= 15 is 0 Å². The first-order valence-electron chi connectivity index (χ1n) is 5.77. The van der Waals surface area contributed by atoms with Crippen molar-refractivity contribution in [3.63, 3.8) is 0 Å². The van der Waals surface area contributed by atoms with Crippen molar-refractivity contribution in [1.29, 1.82) is 0 Å². The Labute approximate surface area is 101 Å². The van der Waals surface area contributed by atoms with Crippen LogP contribution < -0.4 is 5.32 Å². The first kappa shape index (κ1) is 13.5. The summed E-state index contributed by atoms with van der Waals surface area (Å²) in [6.07, 6.45) is 1.90. The summed E-state index contributed by atoms with van der Waals surface area (Å²) in [5.74, 6) is -0.728. The maximum Gasteiger partial charge on any atom is 0.254 e. The fourth-order valence-electron chi connectivity index (χ4n) is 1.50. The van der Waals surface area contributed by atoms with E-state index in [0.717, 1.165) is 18.9 Å². The van der Waals surface area contributed by atoms with Crippen LogP contribution in [0.2, 0.25) is 0 Å². The predicted molar refractivity (Wildman–Crippen MR) is 64.5 cm³/mol. The van der Waals surface area contributed by atoms with Crippen LogP contribution in [0, 0.1) is 11.7 Å². The van der Waals surface area contributed by atoms with Crippen LogP contribution in [0.3, 0.4) is 0 Å². The molecule has 0 fully saturated rings. The summed E-state index contributed by atoms with van der Waals surface area (Å²) in [6, 6.07) is 3.51. The number of rotatable bonds is 5. The molecule has 0 aliphatic carbocycles. The molecule has 3 nitrogen and oxygen atoms in total. The Balaban J connectivity index is 2.47. The molecule has 0 aliphatic heterocycles. The van der Waals surface area contributed by atoms with Gasteiger partial charge in [-0.1, -0.05) is 13.8 Å². The van der Waals surface area contributed by atoms with Gasteiger partial charge in [-0.25, -0.2) is 4.39 Å². The van der Waals surface area contributed by atoms with Gasteiger partial charge in [0.25, 0.3) is 5.91 Å². The molecule has 1 rings (SSSR count). The molecular weight excluding hydrogens is 221 g/mol. The van der Waals surface area contributed by atoms with Gasteiger partial charge in [-0.2, -0.15) is 0 Å². The number of phenols is 1. The van der Waals surface area contributed by atoms with Gasteiger partial charge in [0, 0.05) is 12.6 Å². The van der Waals surface area contributed by atoms with Crippen LogP contribution in [0.4, 0.5) is 4.39 Å². The number of phenolic OH excluding ortho intramolecular Hbond substituents is 1. The van der Waals surface area contributed by atoms with Crippen molar-refractivity contribution in [2.75, 3.05) is 6.54 Å². The van der Waals surface area contributed by atoms with Gasteiger partial charge in [0.2, 0.25) is 0 Å². The second-order valence-electron chi connectivity index (χ2n) is 4.46. The minimum atomic E-state index is -0.702. The van der Waals surface area contributed by atoms with E-state index < -0.39 is 11.7 Å². The molecular formula is C13H18FNO2. The lowest BCUT2D eigenvalue weighted by Gasteiger charge is -2.07. The van der Waals surface area contributed by atoms with E-state index in [1.165, 1.54) is 12.1 Å². The number of hydrogen-bond donors (Lipinski definition) is 2. The van der Waals surface area contributed by atoms with E-state index in [4.69, 9.17) is 5.11 Å². The van der Waals surface area contributed by atoms with E-state index in [9.17, 15) is 9.18 Å². The van der Waals surface area contributed by atoms with E-state index in [2.05, 4.69) is 19.2 Å². The summed E-state index contributed by atoms with van der Waals surface area (Å²) in [7, 11) is 0. The average Bonchev–Trinajstić information content (AvgIpc) is 2.23. The molecule has 1 aromatic rings. The average molecular weight is 239 g/mol. The van der Waals surface area contributed by atoms with Gasteiger partial charge in [-0.05, 0) is 30.9 Å². The van der Waals surface area contributed by atoms with Crippen molar-refractivity contribution >= 4 is 5.91 Å². The molecule has 1 aromatic carbocycles. The zero-order valence-electron chi connectivity index (χ0n) is 10.2. The van der Waals surface area contributed by atoms with Crippen molar-refractivity contribution < 1.29 is 14.3 Å². The molecule has 0 aromatic heterocycles. The van der Waals surface area contributed by atoms with E-state index in [1.54, 1.807) is 0 Å². The van der Waals surface area contributed by atoms with Crippen molar-refractivity contribution in [1.82, 2.24) is 5.32 Å². The summed E-state index contributed by atoms with van der Waals surface area (Å²) in [4.78, 5) is 11.6. The van der Waals surface area contributed by atoms with Gasteiger partial charge in [0.15, 0.2) is 0 Å². The maximum atomic E-state index is 13.3. The summed E-state index contributed by atoms with van der Waals surface area (Å²) < 4.78 is 13.3. The molecule has 0 radical (unpaired) electrons. The van der Waals surface area contributed by atoms with Crippen molar-refractivity contribution in [2.24, 2.45) is 5.92 Å². The maximum absolute atomic E-state index is 13.3. The molecule has 0 aliphatic rings. The highest BCUT2D eigenvalue weighted by molar-refractivity contribution is 5.94. The Morgan fingerprint density at radius 1 is 1.47 bits per heavy atom. The first-order chi connectivity index (χ1) is 8.00. The van der Waals surface area contributed by atoms with Gasteiger partial charge in [0.05, 0.1) is 5.56 Å². The smallest absolute Gasteiger partial charge is 0.254 e. The third-order valence-electron chi connectivity index (χ3n) is 2.44. The second kappa shape index (κ2) is 6.23. The highest BCUT2D eigenvalue weighted by Gasteiger charge is 2.11. The highest BCUT2D eigenvalue weighted by Crippen LogP contribution is 2.14. The minimum Gasteiger partial charge on any atom is -0.508 e. The zero-order valence-corrected chi connectivity index (χ0v) is 10.2. The van der Waals surface area contributed by atoms with Crippen molar-refractivity contribution in [3.05, 3.63) is 29.6 Å². The summed E-state index contributed by atoms with van der Waals surface area (Å²) >= 11 is 0. The first-order valence-corrected chi connectivity index (χ1v) is 5.77. The van der Waals surface area contributed by atoms with Crippen molar-refractivity contribution in [3.8, 4) is 5.75 Å². The molecule has 0 saturated heterocycles. The number of nitrogens with one attached hydrogen (secondary N) is 1. The Kier molecular flexibility index (Phi) is 4.94. The second-order valence-corrected chi connectivity index (χ2v) is 4.46. The number of amides is 1. The molecule has 94 valence electrons. The molecule has 0 heterocycles. The van der Waals surface area contributed by atoms with Crippen LogP contribution in [-0.2, 0) is 0 Å². The highest BCUT2D eigenvalue weighted by atomic mass is 19.1. The summed E-state index contributed by atoms with van der Waals surface area (Å²) in [5, 5.41) is 11.7. The third-order valence-corrected chi connectivity index (χ3v) is 2.44. The lowest BCUT2D eigenvalue weighted by Crippen LogP contribution is -2.25. The van der Waals surface area contributed by atoms with Crippen LogP contribution in [0.15, 0.2) is 18.2 Å². The van der Waals surface area contributed by atoms with Gasteiger partial charge in [0.1, 0.15) is 11.6 Å². The summed E-state index contributed by atoms with van der Waals surface area (Å²) in [6.45, 7) is 4.76. The zero-order chi connectivity index (χ0) is 12.8. The Bertz CT molecular complexity index is 391. The number of benzene rings is 1. The monoisotopic (exact) mass is 239 g/mol.